The van der Waals surface area contributed by atoms with Gasteiger partial charge in [-0.05, 0) is 73.0 Å². The fourth-order valence-corrected chi connectivity index (χ4v) is 4.75. The normalized spacial score (nSPS) is 18.0. The van der Waals surface area contributed by atoms with Crippen LogP contribution in [0.15, 0.2) is 53.8 Å². The number of aromatic amines is 1. The molecule has 0 unspecified atom stereocenters. The molecule has 2 aliphatic heterocycles. The molecule has 9 nitrogen and oxygen atoms in total. The number of pyridine rings is 1. The molecule has 0 saturated carbocycles. The number of H-pyrrole nitrogens is 1. The number of imide groups is 1. The van der Waals surface area contributed by atoms with E-state index in [0.29, 0.717) is 22.5 Å². The molecule has 2 aliphatic rings. The lowest BCUT2D eigenvalue weighted by Crippen LogP contribution is -2.38. The van der Waals surface area contributed by atoms with Crippen LogP contribution in [0, 0.1) is 5.92 Å². The van der Waals surface area contributed by atoms with Crippen molar-refractivity contribution in [3.8, 4) is 11.4 Å². The fourth-order valence-electron chi connectivity index (χ4n) is 4.09. The van der Waals surface area contributed by atoms with Gasteiger partial charge < -0.3 is 15.2 Å². The molecule has 3 aromatic rings. The number of carbonyl (C=O) groups excluding carboxylic acids is 2. The summed E-state index contributed by atoms with van der Waals surface area (Å²) in [5.74, 6) is 0.872. The zero-order valence-corrected chi connectivity index (χ0v) is 19.3. The average Bonchev–Trinajstić information content (AvgIpc) is 3.50. The van der Waals surface area contributed by atoms with Crippen molar-refractivity contribution in [2.24, 2.45) is 5.92 Å². The van der Waals surface area contributed by atoms with Gasteiger partial charge in [0.05, 0.1) is 22.0 Å². The first-order valence-electron chi connectivity index (χ1n) is 11.3. The number of carbonyl (C=O) groups is 2. The van der Waals surface area contributed by atoms with Gasteiger partial charge in [-0.1, -0.05) is 6.07 Å². The van der Waals surface area contributed by atoms with E-state index in [9.17, 15) is 9.59 Å². The summed E-state index contributed by atoms with van der Waals surface area (Å²) in [6.45, 7) is 3.52. The molecular formula is C24H25N7O2S. The Morgan fingerprint density at radius 3 is 2.74 bits per heavy atom. The lowest BCUT2D eigenvalue weighted by Gasteiger charge is -2.32. The molecule has 0 aromatic carbocycles. The lowest BCUT2D eigenvalue weighted by atomic mass is 9.97. The van der Waals surface area contributed by atoms with Crippen molar-refractivity contribution in [1.29, 1.82) is 0 Å². The maximum atomic E-state index is 11.8. The van der Waals surface area contributed by atoms with Crippen molar-refractivity contribution in [2.45, 2.75) is 19.4 Å². The lowest BCUT2D eigenvalue weighted by molar-refractivity contribution is -0.115. The fraction of sp³-hybridized carbons (Fsp3) is 0.292. The summed E-state index contributed by atoms with van der Waals surface area (Å²) in [6, 6.07) is 9.88. The number of piperidine rings is 1. The number of rotatable bonds is 7. The summed E-state index contributed by atoms with van der Waals surface area (Å²) in [7, 11) is 0. The monoisotopic (exact) mass is 475 g/mol. The van der Waals surface area contributed by atoms with Gasteiger partial charge in [-0.2, -0.15) is 0 Å². The van der Waals surface area contributed by atoms with Crippen LogP contribution in [0.5, 0.6) is 0 Å². The van der Waals surface area contributed by atoms with E-state index >= 15 is 0 Å². The first kappa shape index (κ1) is 22.3. The van der Waals surface area contributed by atoms with E-state index in [1.165, 1.54) is 5.56 Å². The highest BCUT2D eigenvalue weighted by atomic mass is 32.2. The Bertz CT molecular complexity index is 1190. The highest BCUT2D eigenvalue weighted by Crippen LogP contribution is 2.26. The van der Waals surface area contributed by atoms with Crippen LogP contribution in [0.2, 0.25) is 0 Å². The molecule has 3 N–H and O–H groups in total. The minimum absolute atomic E-state index is 0.355. The number of anilines is 1. The van der Waals surface area contributed by atoms with Crippen LogP contribution in [0.4, 0.5) is 10.7 Å². The minimum atomic E-state index is -0.379. The molecule has 0 bridgehead atoms. The number of nitrogens with one attached hydrogen (secondary N) is 3. The predicted octanol–water partition coefficient (Wildman–Crippen LogP) is 3.20. The van der Waals surface area contributed by atoms with Gasteiger partial charge in [0.15, 0.2) is 0 Å². The van der Waals surface area contributed by atoms with Crippen molar-refractivity contribution in [3.05, 3.63) is 65.1 Å². The summed E-state index contributed by atoms with van der Waals surface area (Å²) in [5.41, 5.74) is 3.76. The van der Waals surface area contributed by atoms with Crippen LogP contribution in [0.1, 0.15) is 24.1 Å². The first-order chi connectivity index (χ1) is 16.6. The van der Waals surface area contributed by atoms with Crippen molar-refractivity contribution in [3.63, 3.8) is 0 Å². The minimum Gasteiger partial charge on any atom is -0.360 e. The van der Waals surface area contributed by atoms with Gasteiger partial charge in [0.25, 0.3) is 11.1 Å². The van der Waals surface area contributed by atoms with Crippen molar-refractivity contribution in [2.75, 3.05) is 24.5 Å². The third kappa shape index (κ3) is 5.35. The maximum absolute atomic E-state index is 11.8. The SMILES string of the molecule is O=C1NC(=O)/C(=C/c2ccnc(N3CCC(CNCc4ccc(-c5ccc[nH]5)nc4)CC3)n2)S1. The van der Waals surface area contributed by atoms with Gasteiger partial charge in [-0.25, -0.2) is 9.97 Å². The van der Waals surface area contributed by atoms with E-state index < -0.39 is 0 Å². The van der Waals surface area contributed by atoms with Crippen molar-refractivity contribution >= 4 is 34.9 Å². The summed E-state index contributed by atoms with van der Waals surface area (Å²) in [6.07, 6.45) is 9.26. The maximum Gasteiger partial charge on any atom is 0.290 e. The molecule has 0 aliphatic carbocycles. The first-order valence-corrected chi connectivity index (χ1v) is 12.1. The molecule has 10 heteroatoms. The number of hydrogen-bond donors (Lipinski definition) is 3. The largest absolute Gasteiger partial charge is 0.360 e. The summed E-state index contributed by atoms with van der Waals surface area (Å²) in [5, 5.41) is 5.47. The van der Waals surface area contributed by atoms with Gasteiger partial charge in [-0.3, -0.25) is 19.9 Å². The van der Waals surface area contributed by atoms with E-state index in [0.717, 1.165) is 62.2 Å². The Labute approximate surface area is 201 Å². The van der Waals surface area contributed by atoms with Gasteiger partial charge >= 0.3 is 0 Å². The zero-order valence-electron chi connectivity index (χ0n) is 18.5. The van der Waals surface area contributed by atoms with Crippen LogP contribution in [0.25, 0.3) is 17.5 Å². The molecule has 174 valence electrons. The molecule has 0 radical (unpaired) electrons. The number of aromatic nitrogens is 4. The highest BCUT2D eigenvalue weighted by molar-refractivity contribution is 8.18. The number of nitrogens with zero attached hydrogens (tertiary/aromatic N) is 4. The van der Waals surface area contributed by atoms with E-state index in [2.05, 4.69) is 41.5 Å². The quantitative estimate of drug-likeness (QED) is 0.446. The van der Waals surface area contributed by atoms with Crippen molar-refractivity contribution < 1.29 is 9.59 Å². The van der Waals surface area contributed by atoms with Crippen LogP contribution in [0.3, 0.4) is 0 Å². The molecule has 0 spiro atoms. The molecule has 34 heavy (non-hydrogen) atoms. The second-order valence-electron chi connectivity index (χ2n) is 8.33. The van der Waals surface area contributed by atoms with Crippen molar-refractivity contribution in [1.82, 2.24) is 30.6 Å². The van der Waals surface area contributed by atoms with Crippen LogP contribution >= 0.6 is 11.8 Å². The second kappa shape index (κ2) is 10.2. The Kier molecular flexibility index (Phi) is 6.68. The third-order valence-electron chi connectivity index (χ3n) is 5.94. The second-order valence-corrected chi connectivity index (χ2v) is 9.35. The number of thioether (sulfide) groups is 1. The van der Waals surface area contributed by atoms with Gasteiger partial charge in [0, 0.05) is 38.2 Å². The zero-order chi connectivity index (χ0) is 23.3. The molecule has 5 rings (SSSR count). The molecule has 3 aromatic heterocycles. The standard InChI is InChI=1S/C24H25N7O2S/c32-22-21(34-24(33)30-22)12-18-5-9-27-23(29-18)31-10-6-16(7-11-31)13-25-14-17-3-4-20(28-15-17)19-2-1-8-26-19/h1-5,8-9,12,15-16,25-26H,6-7,10-11,13-14H2,(H,30,32,33)/b21-12-. The number of amides is 2. The molecule has 2 fully saturated rings. The summed E-state index contributed by atoms with van der Waals surface area (Å²) >= 11 is 0.891. The Hall–Kier alpha value is -3.50. The molecule has 2 saturated heterocycles. The molecular weight excluding hydrogens is 450 g/mol. The van der Waals surface area contributed by atoms with E-state index in [1.54, 1.807) is 18.3 Å². The van der Waals surface area contributed by atoms with E-state index in [1.807, 2.05) is 30.6 Å². The Morgan fingerprint density at radius 2 is 2.03 bits per heavy atom. The molecule has 0 atom stereocenters. The van der Waals surface area contributed by atoms with Gasteiger partial charge in [0.1, 0.15) is 0 Å². The predicted molar refractivity (Wildman–Crippen MR) is 132 cm³/mol. The molecule has 5 heterocycles. The van der Waals surface area contributed by atoms with Crippen LogP contribution in [-0.2, 0) is 11.3 Å². The van der Waals surface area contributed by atoms with Gasteiger partial charge in [-0.15, -0.1) is 0 Å². The highest BCUT2D eigenvalue weighted by Gasteiger charge is 2.25. The Morgan fingerprint density at radius 1 is 1.15 bits per heavy atom. The summed E-state index contributed by atoms with van der Waals surface area (Å²) < 4.78 is 0. The average molecular weight is 476 g/mol. The van der Waals surface area contributed by atoms with Crippen LogP contribution < -0.4 is 15.5 Å². The van der Waals surface area contributed by atoms with Gasteiger partial charge in [0.2, 0.25) is 5.95 Å². The Balaban J connectivity index is 1.09. The topological polar surface area (TPSA) is 116 Å². The van der Waals surface area contributed by atoms with Crippen LogP contribution in [-0.4, -0.2) is 50.7 Å². The third-order valence-corrected chi connectivity index (χ3v) is 6.75. The smallest absolute Gasteiger partial charge is 0.290 e. The molecule has 2 amide bonds. The van der Waals surface area contributed by atoms with E-state index in [4.69, 9.17) is 0 Å². The number of hydrogen-bond acceptors (Lipinski definition) is 8. The van der Waals surface area contributed by atoms with E-state index in [-0.39, 0.29) is 11.1 Å². The summed E-state index contributed by atoms with van der Waals surface area (Å²) in [4.78, 5) is 42.4.